The van der Waals surface area contributed by atoms with Crippen LogP contribution in [0.2, 0.25) is 0 Å². The van der Waals surface area contributed by atoms with Gasteiger partial charge in [0, 0.05) is 49.7 Å². The van der Waals surface area contributed by atoms with E-state index in [1.807, 2.05) is 49.6 Å². The van der Waals surface area contributed by atoms with E-state index >= 15 is 0 Å². The van der Waals surface area contributed by atoms with Crippen molar-refractivity contribution in [3.63, 3.8) is 0 Å². The highest BCUT2D eigenvalue weighted by Gasteiger charge is 2.20. The Morgan fingerprint density at radius 3 is 2.61 bits per heavy atom. The molecular formula is C18H21N3O2. The molecule has 0 saturated carbocycles. The van der Waals surface area contributed by atoms with Crippen molar-refractivity contribution in [2.45, 2.75) is 25.9 Å². The number of benzene rings is 1. The van der Waals surface area contributed by atoms with Crippen LogP contribution in [-0.4, -0.2) is 30.6 Å². The van der Waals surface area contributed by atoms with Crippen LogP contribution in [0.5, 0.6) is 5.75 Å². The first-order valence-electron chi connectivity index (χ1n) is 7.89. The summed E-state index contributed by atoms with van der Waals surface area (Å²) in [5.74, 6) is 0.862. The van der Waals surface area contributed by atoms with Gasteiger partial charge >= 0.3 is 0 Å². The zero-order valence-electron chi connectivity index (χ0n) is 13.2. The molecule has 0 unspecified atom stereocenters. The predicted molar refractivity (Wildman–Crippen MR) is 91.0 cm³/mol. The van der Waals surface area contributed by atoms with E-state index in [0.717, 1.165) is 42.9 Å². The molecule has 120 valence electrons. The number of rotatable bonds is 5. The van der Waals surface area contributed by atoms with E-state index in [-0.39, 0.29) is 6.10 Å². The molecule has 0 bridgehead atoms. The lowest BCUT2D eigenvalue weighted by atomic mass is 10.1. The monoisotopic (exact) mass is 311 g/mol. The number of nitrogens with zero attached hydrogens (tertiary/aromatic N) is 2. The number of carbonyl (C=O) groups excluding carboxylic acids is 1. The summed E-state index contributed by atoms with van der Waals surface area (Å²) in [6.07, 6.45) is 6.58. The van der Waals surface area contributed by atoms with Crippen LogP contribution in [-0.2, 0) is 4.79 Å². The molecule has 1 aliphatic heterocycles. The van der Waals surface area contributed by atoms with Crippen molar-refractivity contribution in [2.24, 2.45) is 0 Å². The molecule has 0 aliphatic carbocycles. The molecule has 23 heavy (non-hydrogen) atoms. The third-order valence-electron chi connectivity index (χ3n) is 4.18. The maximum absolute atomic E-state index is 10.5. The minimum Gasteiger partial charge on any atom is -0.490 e. The van der Waals surface area contributed by atoms with Gasteiger partial charge in [0.05, 0.1) is 0 Å². The summed E-state index contributed by atoms with van der Waals surface area (Å²) in [6, 6.07) is 9.85. The normalized spacial score (nSPS) is 15.3. The van der Waals surface area contributed by atoms with Crippen molar-refractivity contribution < 1.29 is 9.53 Å². The number of nitrogens with one attached hydrogen (secondary N) is 1. The Bertz CT molecular complexity index is 653. The number of piperidine rings is 1. The molecular weight excluding hydrogens is 290 g/mol. The first-order valence-corrected chi connectivity index (χ1v) is 7.89. The SMILES string of the molecule is Cc1cc(OC2CCN(c3ccncc3)CC2)ccc1NC=O. The number of amides is 1. The molecule has 1 aromatic heterocycles. The van der Waals surface area contributed by atoms with Crippen molar-refractivity contribution in [1.82, 2.24) is 4.98 Å². The number of anilines is 2. The van der Waals surface area contributed by atoms with Crippen LogP contribution in [0, 0.1) is 6.92 Å². The molecule has 1 fully saturated rings. The minimum atomic E-state index is 0.234. The molecule has 1 N–H and O–H groups in total. The Morgan fingerprint density at radius 1 is 1.22 bits per heavy atom. The van der Waals surface area contributed by atoms with Crippen LogP contribution in [0.25, 0.3) is 0 Å². The number of aryl methyl sites for hydroxylation is 1. The number of ether oxygens (including phenoxy) is 1. The van der Waals surface area contributed by atoms with Gasteiger partial charge in [0.2, 0.25) is 6.41 Å². The fourth-order valence-electron chi connectivity index (χ4n) is 2.91. The molecule has 3 rings (SSSR count). The fraction of sp³-hybridized carbons (Fsp3) is 0.333. The zero-order valence-corrected chi connectivity index (χ0v) is 13.2. The highest BCUT2D eigenvalue weighted by molar-refractivity contribution is 5.73. The fourth-order valence-corrected chi connectivity index (χ4v) is 2.91. The number of hydrogen-bond acceptors (Lipinski definition) is 4. The third-order valence-corrected chi connectivity index (χ3v) is 4.18. The van der Waals surface area contributed by atoms with Gasteiger partial charge in [0.1, 0.15) is 11.9 Å². The summed E-state index contributed by atoms with van der Waals surface area (Å²) in [6.45, 7) is 3.93. The van der Waals surface area contributed by atoms with Crippen molar-refractivity contribution in [3.05, 3.63) is 48.3 Å². The minimum absolute atomic E-state index is 0.234. The van der Waals surface area contributed by atoms with Crippen LogP contribution >= 0.6 is 0 Å². The smallest absolute Gasteiger partial charge is 0.211 e. The molecule has 2 aromatic rings. The average Bonchev–Trinajstić information content (AvgIpc) is 2.59. The molecule has 1 amide bonds. The van der Waals surface area contributed by atoms with Gasteiger partial charge in [0.25, 0.3) is 0 Å². The van der Waals surface area contributed by atoms with E-state index in [1.165, 1.54) is 5.69 Å². The lowest BCUT2D eigenvalue weighted by Gasteiger charge is -2.33. The Labute approximate surface area is 136 Å². The molecule has 0 spiro atoms. The van der Waals surface area contributed by atoms with E-state index in [2.05, 4.69) is 15.2 Å². The molecule has 2 heterocycles. The maximum atomic E-state index is 10.5. The largest absolute Gasteiger partial charge is 0.490 e. The Morgan fingerprint density at radius 2 is 1.96 bits per heavy atom. The number of carbonyl (C=O) groups is 1. The Balaban J connectivity index is 1.56. The van der Waals surface area contributed by atoms with Gasteiger partial charge in [-0.2, -0.15) is 0 Å². The van der Waals surface area contributed by atoms with Crippen LogP contribution in [0.15, 0.2) is 42.7 Å². The Hall–Kier alpha value is -2.56. The lowest BCUT2D eigenvalue weighted by molar-refractivity contribution is -0.105. The van der Waals surface area contributed by atoms with Crippen molar-refractivity contribution in [1.29, 1.82) is 0 Å². The van der Waals surface area contributed by atoms with Gasteiger partial charge < -0.3 is 15.0 Å². The van der Waals surface area contributed by atoms with Crippen molar-refractivity contribution >= 4 is 17.8 Å². The summed E-state index contributed by atoms with van der Waals surface area (Å²) in [5.41, 5.74) is 3.04. The van der Waals surface area contributed by atoms with Gasteiger partial charge in [0.15, 0.2) is 0 Å². The highest BCUT2D eigenvalue weighted by atomic mass is 16.5. The quantitative estimate of drug-likeness (QED) is 0.863. The standard InChI is InChI=1S/C18H21N3O2/c1-14-12-17(2-3-18(14)20-13-22)23-16-6-10-21(11-7-16)15-4-8-19-9-5-15/h2-5,8-9,12-13,16H,6-7,10-11H2,1H3,(H,20,22). The number of pyridine rings is 1. The first kappa shape index (κ1) is 15.3. The molecule has 1 saturated heterocycles. The second-order valence-corrected chi connectivity index (χ2v) is 5.75. The summed E-state index contributed by atoms with van der Waals surface area (Å²) >= 11 is 0. The third kappa shape index (κ3) is 3.80. The van der Waals surface area contributed by atoms with Gasteiger partial charge in [-0.15, -0.1) is 0 Å². The molecule has 1 aliphatic rings. The average molecular weight is 311 g/mol. The topological polar surface area (TPSA) is 54.5 Å². The van der Waals surface area contributed by atoms with E-state index in [4.69, 9.17) is 4.74 Å². The molecule has 5 nitrogen and oxygen atoms in total. The summed E-state index contributed by atoms with van der Waals surface area (Å²) < 4.78 is 6.10. The zero-order chi connectivity index (χ0) is 16.1. The van der Waals surface area contributed by atoms with Crippen LogP contribution in [0.4, 0.5) is 11.4 Å². The van der Waals surface area contributed by atoms with Crippen molar-refractivity contribution in [3.8, 4) is 5.75 Å². The van der Waals surface area contributed by atoms with Crippen LogP contribution in [0.1, 0.15) is 18.4 Å². The number of aromatic nitrogens is 1. The molecule has 0 radical (unpaired) electrons. The van der Waals surface area contributed by atoms with Gasteiger partial charge in [-0.1, -0.05) is 0 Å². The van der Waals surface area contributed by atoms with Gasteiger partial charge in [-0.05, 0) is 42.8 Å². The number of hydrogen-bond donors (Lipinski definition) is 1. The molecule has 0 atom stereocenters. The van der Waals surface area contributed by atoms with E-state index in [9.17, 15) is 4.79 Å². The van der Waals surface area contributed by atoms with E-state index in [1.54, 1.807) is 0 Å². The predicted octanol–water partition coefficient (Wildman–Crippen LogP) is 3.01. The van der Waals surface area contributed by atoms with Gasteiger partial charge in [-0.25, -0.2) is 0 Å². The molecule has 1 aromatic carbocycles. The summed E-state index contributed by atoms with van der Waals surface area (Å²) in [7, 11) is 0. The highest BCUT2D eigenvalue weighted by Crippen LogP contribution is 2.25. The van der Waals surface area contributed by atoms with Gasteiger partial charge in [-0.3, -0.25) is 9.78 Å². The first-order chi connectivity index (χ1) is 11.3. The summed E-state index contributed by atoms with van der Waals surface area (Å²) in [4.78, 5) is 17.0. The van der Waals surface area contributed by atoms with Crippen molar-refractivity contribution in [2.75, 3.05) is 23.3 Å². The second kappa shape index (κ2) is 7.13. The molecule has 5 heteroatoms. The summed E-state index contributed by atoms with van der Waals surface area (Å²) in [5, 5.41) is 2.68. The maximum Gasteiger partial charge on any atom is 0.211 e. The van der Waals surface area contributed by atoms with E-state index in [0.29, 0.717) is 6.41 Å². The van der Waals surface area contributed by atoms with E-state index < -0.39 is 0 Å². The lowest BCUT2D eigenvalue weighted by Crippen LogP contribution is -2.38. The second-order valence-electron chi connectivity index (χ2n) is 5.75. The van der Waals surface area contributed by atoms with Crippen LogP contribution < -0.4 is 15.0 Å². The van der Waals surface area contributed by atoms with Crippen LogP contribution in [0.3, 0.4) is 0 Å². The Kier molecular flexibility index (Phi) is 4.76.